The van der Waals surface area contributed by atoms with Gasteiger partial charge in [-0.25, -0.2) is 0 Å². The van der Waals surface area contributed by atoms with E-state index in [-0.39, 0.29) is 31.4 Å². The lowest BCUT2D eigenvalue weighted by atomic mass is 9.77. The van der Waals surface area contributed by atoms with E-state index >= 15 is 0 Å². The van der Waals surface area contributed by atoms with Gasteiger partial charge in [-0.05, 0) is 49.1 Å². The normalized spacial score (nSPS) is 32.2. The molecule has 0 aliphatic carbocycles. The summed E-state index contributed by atoms with van der Waals surface area (Å²) in [5.74, 6) is -4.04. The molecule has 11 heteroatoms. The minimum absolute atomic E-state index is 0.0988. The van der Waals surface area contributed by atoms with Crippen molar-refractivity contribution in [1.29, 1.82) is 0 Å². The Balaban J connectivity index is 1.48. The van der Waals surface area contributed by atoms with Crippen LogP contribution in [0.3, 0.4) is 0 Å². The molecule has 2 saturated heterocycles. The van der Waals surface area contributed by atoms with Gasteiger partial charge in [0.15, 0.2) is 0 Å². The standard InChI is InChI=1S/C37H42ClN3O7/c1-22(2)27(21-42)41-33-35(45)40(26-17-15-25(38)16-18-26)20-10-19-37(33)31(34(41)44)30-28(48-37)13-8-9-14-29(43)39(4)23(3)32(47-36(30)46)24-11-6-5-7-12-24/h5-8,10-13,15-19,22-23,27-28,30-33,42H,9,14,20-21H2,1-4H3/b13-8-/t23-,27-,28-,30+,31+,32+,33-,37+/m0/s1. The number of halogens is 1. The molecular formula is C37H42ClN3O7. The molecule has 1 N–H and O–H groups in total. The van der Waals surface area contributed by atoms with E-state index in [1.54, 1.807) is 65.4 Å². The van der Waals surface area contributed by atoms with Gasteiger partial charge < -0.3 is 29.3 Å². The number of ether oxygens (including phenoxy) is 2. The monoisotopic (exact) mass is 675 g/mol. The van der Waals surface area contributed by atoms with Crippen LogP contribution in [-0.2, 0) is 28.7 Å². The van der Waals surface area contributed by atoms with Crippen LogP contribution >= 0.6 is 11.6 Å². The Labute approximate surface area is 285 Å². The number of likely N-dealkylation sites (N-methyl/N-ethyl adjacent to an activating group) is 1. The number of esters is 1. The summed E-state index contributed by atoms with van der Waals surface area (Å²) in [6.45, 7) is 5.40. The first-order valence-electron chi connectivity index (χ1n) is 16.5. The first-order valence-corrected chi connectivity index (χ1v) is 16.9. The third-order valence-electron chi connectivity index (χ3n) is 10.3. The quantitative estimate of drug-likeness (QED) is 0.371. The molecule has 0 bridgehead atoms. The topological polar surface area (TPSA) is 117 Å². The maximum absolute atomic E-state index is 14.8. The van der Waals surface area contributed by atoms with Crippen LogP contribution in [0.15, 0.2) is 78.9 Å². The molecule has 2 fully saturated rings. The van der Waals surface area contributed by atoms with Crippen LogP contribution < -0.4 is 4.90 Å². The van der Waals surface area contributed by atoms with Gasteiger partial charge >= 0.3 is 5.97 Å². The number of benzene rings is 2. The second-order valence-electron chi connectivity index (χ2n) is 13.4. The largest absolute Gasteiger partial charge is 0.455 e. The van der Waals surface area contributed by atoms with Crippen LogP contribution in [0.2, 0.25) is 5.02 Å². The first-order chi connectivity index (χ1) is 23.0. The Morgan fingerprint density at radius 1 is 1.00 bits per heavy atom. The van der Waals surface area contributed by atoms with Gasteiger partial charge in [0.05, 0.1) is 30.7 Å². The van der Waals surface area contributed by atoms with Crippen LogP contribution in [0, 0.1) is 17.8 Å². The predicted octanol–water partition coefficient (Wildman–Crippen LogP) is 4.32. The lowest BCUT2D eigenvalue weighted by Gasteiger charge is -2.39. The first kappa shape index (κ1) is 33.9. The van der Waals surface area contributed by atoms with Gasteiger partial charge in [-0.15, -0.1) is 0 Å². The fourth-order valence-electron chi connectivity index (χ4n) is 7.66. The number of amides is 3. The molecule has 0 aromatic heterocycles. The number of aliphatic hydroxyl groups is 1. The molecule has 1 spiro atoms. The van der Waals surface area contributed by atoms with E-state index < -0.39 is 65.6 Å². The van der Waals surface area contributed by atoms with Crippen LogP contribution in [-0.4, -0.2) is 88.6 Å². The second-order valence-corrected chi connectivity index (χ2v) is 13.8. The summed E-state index contributed by atoms with van der Waals surface area (Å²) >= 11 is 6.16. The van der Waals surface area contributed by atoms with Crippen molar-refractivity contribution in [3.8, 4) is 0 Å². The number of carbonyl (C=O) groups is 4. The van der Waals surface area contributed by atoms with E-state index in [0.717, 1.165) is 0 Å². The lowest BCUT2D eigenvalue weighted by molar-refractivity contribution is -0.164. The number of nitrogens with zero attached hydrogens (tertiary/aromatic N) is 3. The highest BCUT2D eigenvalue weighted by atomic mass is 35.5. The second kappa shape index (κ2) is 13.5. The fraction of sp³-hybridized carbons (Fsp3) is 0.459. The van der Waals surface area contributed by atoms with Gasteiger partial charge in [0.2, 0.25) is 11.8 Å². The molecule has 0 saturated carbocycles. The Morgan fingerprint density at radius 3 is 2.38 bits per heavy atom. The number of hydrogen-bond acceptors (Lipinski definition) is 7. The van der Waals surface area contributed by atoms with Crippen molar-refractivity contribution in [2.45, 2.75) is 69.5 Å². The van der Waals surface area contributed by atoms with Gasteiger partial charge in [0.1, 0.15) is 23.7 Å². The molecule has 254 valence electrons. The van der Waals surface area contributed by atoms with E-state index in [4.69, 9.17) is 21.1 Å². The number of rotatable bonds is 5. The average molecular weight is 676 g/mol. The fourth-order valence-corrected chi connectivity index (χ4v) is 7.78. The number of allylic oxidation sites excluding steroid dienone is 1. The highest BCUT2D eigenvalue weighted by Crippen LogP contribution is 2.54. The highest BCUT2D eigenvalue weighted by molar-refractivity contribution is 6.30. The Kier molecular flexibility index (Phi) is 9.53. The molecule has 6 rings (SSSR count). The molecule has 4 aliphatic heterocycles. The summed E-state index contributed by atoms with van der Waals surface area (Å²) in [7, 11) is 1.70. The van der Waals surface area contributed by atoms with E-state index in [2.05, 4.69) is 0 Å². The summed E-state index contributed by atoms with van der Waals surface area (Å²) in [6, 6.07) is 13.7. The van der Waals surface area contributed by atoms with Gasteiger partial charge in [0.25, 0.3) is 5.91 Å². The molecule has 4 heterocycles. The molecule has 3 amide bonds. The molecule has 2 aromatic carbocycles. The molecule has 4 aliphatic rings. The van der Waals surface area contributed by atoms with Gasteiger partial charge in [-0.2, -0.15) is 0 Å². The van der Waals surface area contributed by atoms with Crippen LogP contribution in [0.1, 0.15) is 45.3 Å². The highest BCUT2D eigenvalue weighted by Gasteiger charge is 2.72. The summed E-state index contributed by atoms with van der Waals surface area (Å²) in [6.07, 6.45) is 5.94. The molecular weight excluding hydrogens is 634 g/mol. The number of aliphatic hydroxyl groups excluding tert-OH is 1. The summed E-state index contributed by atoms with van der Waals surface area (Å²) in [4.78, 5) is 61.9. The number of likely N-dealkylation sites (tertiary alicyclic amines) is 1. The summed E-state index contributed by atoms with van der Waals surface area (Å²) < 4.78 is 13.1. The zero-order chi connectivity index (χ0) is 34.3. The van der Waals surface area contributed by atoms with E-state index in [9.17, 15) is 24.3 Å². The minimum Gasteiger partial charge on any atom is -0.455 e. The van der Waals surface area contributed by atoms with Crippen molar-refractivity contribution >= 4 is 41.0 Å². The molecule has 0 radical (unpaired) electrons. The summed E-state index contributed by atoms with van der Waals surface area (Å²) in [5.41, 5.74) is -0.238. The predicted molar refractivity (Wildman–Crippen MR) is 180 cm³/mol. The van der Waals surface area contributed by atoms with Crippen molar-refractivity contribution in [2.75, 3.05) is 25.1 Å². The van der Waals surface area contributed by atoms with Crippen LogP contribution in [0.25, 0.3) is 0 Å². The zero-order valence-electron chi connectivity index (χ0n) is 27.6. The number of fused-ring (bicyclic) bond motifs is 2. The Bertz CT molecular complexity index is 1610. The lowest BCUT2D eigenvalue weighted by Crippen LogP contribution is -2.59. The van der Waals surface area contributed by atoms with Gasteiger partial charge in [-0.3, -0.25) is 19.2 Å². The third-order valence-corrected chi connectivity index (χ3v) is 10.6. The zero-order valence-corrected chi connectivity index (χ0v) is 28.3. The maximum Gasteiger partial charge on any atom is 0.313 e. The van der Waals surface area contributed by atoms with Crippen LogP contribution in [0.5, 0.6) is 0 Å². The maximum atomic E-state index is 14.8. The van der Waals surface area contributed by atoms with Crippen molar-refractivity contribution in [3.63, 3.8) is 0 Å². The molecule has 10 nitrogen and oxygen atoms in total. The minimum atomic E-state index is -1.53. The van der Waals surface area contributed by atoms with E-state index in [1.165, 1.54) is 4.90 Å². The van der Waals surface area contributed by atoms with Crippen molar-refractivity contribution < 1.29 is 33.8 Å². The van der Waals surface area contributed by atoms with Crippen LogP contribution in [0.4, 0.5) is 5.69 Å². The third kappa shape index (κ3) is 5.73. The van der Waals surface area contributed by atoms with Gasteiger partial charge in [-0.1, -0.05) is 80.1 Å². The van der Waals surface area contributed by atoms with E-state index in [1.807, 2.05) is 51.1 Å². The number of carbonyl (C=O) groups excluding carboxylic acids is 4. The number of hydrogen-bond donors (Lipinski definition) is 1. The molecule has 2 aromatic rings. The van der Waals surface area contributed by atoms with E-state index in [0.29, 0.717) is 22.7 Å². The number of cyclic esters (lactones) is 1. The molecule has 48 heavy (non-hydrogen) atoms. The van der Waals surface area contributed by atoms with Crippen molar-refractivity contribution in [1.82, 2.24) is 9.80 Å². The van der Waals surface area contributed by atoms with Gasteiger partial charge in [0, 0.05) is 30.7 Å². The SMILES string of the molecule is CC(C)[C@H](CO)N1C(=O)[C@H]2[C@@H]3C(=O)O[C@@H](c4ccccc4)[C@H](C)N(C)C(=O)CC/C=C\[C@@H]3O[C@]23C=CCN(c2ccc(Cl)cc2)C(=O)[C@H]13. The van der Waals surface area contributed by atoms with Crippen molar-refractivity contribution in [2.24, 2.45) is 17.8 Å². The average Bonchev–Trinajstić information content (AvgIpc) is 3.46. The smallest absolute Gasteiger partial charge is 0.313 e. The Morgan fingerprint density at radius 2 is 1.71 bits per heavy atom. The van der Waals surface area contributed by atoms with Crippen molar-refractivity contribution in [3.05, 3.63) is 89.5 Å². The summed E-state index contributed by atoms with van der Waals surface area (Å²) in [5, 5.41) is 11.1. The number of anilines is 1. The molecule has 0 unspecified atom stereocenters. The molecule has 8 atom stereocenters. The Hall–Kier alpha value is -3.99.